The molecule has 0 bridgehead atoms. The zero-order chi connectivity index (χ0) is 13.5. The van der Waals surface area contributed by atoms with Gasteiger partial charge in [-0.05, 0) is 12.8 Å². The molecule has 1 aliphatic rings. The maximum atomic E-state index is 13.3. The molecule has 1 aromatic rings. The number of sulfone groups is 1. The van der Waals surface area contributed by atoms with Gasteiger partial charge in [-0.25, -0.2) is 13.2 Å². The van der Waals surface area contributed by atoms with E-state index in [0.717, 1.165) is 0 Å². The van der Waals surface area contributed by atoms with E-state index < -0.39 is 38.1 Å². The lowest BCUT2D eigenvalue weighted by Gasteiger charge is -2.23. The smallest absolute Gasteiger partial charge is 0.295 e. The van der Waals surface area contributed by atoms with Crippen molar-refractivity contribution in [2.24, 2.45) is 0 Å². The van der Waals surface area contributed by atoms with Gasteiger partial charge in [0.25, 0.3) is 5.56 Å². The SMILES string of the molecule is O=c1[nH]c(Cl)c(F)c(=O)n1C1CCCS(=O)(=O)C1. The molecule has 1 N–H and O–H groups in total. The van der Waals surface area contributed by atoms with Crippen LogP contribution in [0.3, 0.4) is 0 Å². The van der Waals surface area contributed by atoms with Gasteiger partial charge in [-0.15, -0.1) is 0 Å². The average Bonchev–Trinajstić information content (AvgIpc) is 2.25. The minimum absolute atomic E-state index is 0.0201. The van der Waals surface area contributed by atoms with Gasteiger partial charge in [0.1, 0.15) is 0 Å². The highest BCUT2D eigenvalue weighted by Gasteiger charge is 2.29. The van der Waals surface area contributed by atoms with Crippen molar-refractivity contribution in [3.8, 4) is 0 Å². The van der Waals surface area contributed by atoms with Crippen LogP contribution in [0, 0.1) is 5.82 Å². The highest BCUT2D eigenvalue weighted by molar-refractivity contribution is 7.91. The third kappa shape index (κ3) is 2.35. The number of halogens is 2. The predicted octanol–water partition coefficient (Wildman–Crippen LogP) is 0.0788. The fourth-order valence-corrected chi connectivity index (χ4v) is 3.87. The van der Waals surface area contributed by atoms with Crippen molar-refractivity contribution in [1.29, 1.82) is 0 Å². The number of aromatic amines is 1. The second-order valence-corrected chi connectivity index (χ2v) is 6.75. The van der Waals surface area contributed by atoms with Gasteiger partial charge in [0, 0.05) is 0 Å². The van der Waals surface area contributed by atoms with Crippen LogP contribution >= 0.6 is 11.6 Å². The van der Waals surface area contributed by atoms with E-state index in [1.807, 2.05) is 4.98 Å². The summed E-state index contributed by atoms with van der Waals surface area (Å²) in [5.74, 6) is -1.59. The van der Waals surface area contributed by atoms with Crippen LogP contribution in [0.15, 0.2) is 9.59 Å². The van der Waals surface area contributed by atoms with Crippen LogP contribution in [0.1, 0.15) is 18.9 Å². The summed E-state index contributed by atoms with van der Waals surface area (Å²) in [6, 6.07) is -0.841. The van der Waals surface area contributed by atoms with Crippen LogP contribution in [-0.2, 0) is 9.84 Å². The van der Waals surface area contributed by atoms with E-state index in [4.69, 9.17) is 11.6 Å². The van der Waals surface area contributed by atoms with Crippen molar-refractivity contribution in [3.63, 3.8) is 0 Å². The Morgan fingerprint density at radius 1 is 1.39 bits per heavy atom. The van der Waals surface area contributed by atoms with Crippen molar-refractivity contribution in [3.05, 3.63) is 31.8 Å². The highest BCUT2D eigenvalue weighted by Crippen LogP contribution is 2.20. The summed E-state index contributed by atoms with van der Waals surface area (Å²) in [7, 11) is -3.30. The summed E-state index contributed by atoms with van der Waals surface area (Å²) in [4.78, 5) is 25.2. The average molecular weight is 297 g/mol. The molecule has 100 valence electrons. The maximum absolute atomic E-state index is 13.3. The van der Waals surface area contributed by atoms with Gasteiger partial charge in [0.05, 0.1) is 17.5 Å². The Balaban J connectivity index is 2.56. The molecular formula is C9H10ClFN2O4S. The number of rotatable bonds is 1. The summed E-state index contributed by atoms with van der Waals surface area (Å²) in [5, 5.41) is -0.667. The van der Waals surface area contributed by atoms with Gasteiger partial charge < -0.3 is 0 Å². The first-order valence-electron chi connectivity index (χ1n) is 5.22. The first-order chi connectivity index (χ1) is 8.32. The molecule has 1 fully saturated rings. The van der Waals surface area contributed by atoms with Crippen molar-refractivity contribution < 1.29 is 12.8 Å². The molecule has 2 rings (SSSR count). The molecule has 1 saturated heterocycles. The van der Waals surface area contributed by atoms with E-state index >= 15 is 0 Å². The Kier molecular flexibility index (Phi) is 3.33. The lowest BCUT2D eigenvalue weighted by molar-refractivity contribution is 0.427. The molecule has 1 aromatic heterocycles. The van der Waals surface area contributed by atoms with Gasteiger partial charge in [0.15, 0.2) is 15.0 Å². The van der Waals surface area contributed by atoms with Crippen LogP contribution in [0.2, 0.25) is 5.15 Å². The van der Waals surface area contributed by atoms with E-state index in [0.29, 0.717) is 17.4 Å². The number of nitrogens with one attached hydrogen (secondary N) is 1. The molecule has 0 spiro atoms. The lowest BCUT2D eigenvalue weighted by atomic mass is 10.2. The largest absolute Gasteiger partial charge is 0.329 e. The van der Waals surface area contributed by atoms with Crippen molar-refractivity contribution in [2.45, 2.75) is 18.9 Å². The van der Waals surface area contributed by atoms with Crippen LogP contribution in [0.5, 0.6) is 0 Å². The summed E-state index contributed by atoms with van der Waals surface area (Å²) in [6.07, 6.45) is 0.673. The lowest BCUT2D eigenvalue weighted by Crippen LogP contribution is -2.43. The highest BCUT2D eigenvalue weighted by atomic mass is 35.5. The minimum atomic E-state index is -3.30. The fraction of sp³-hybridized carbons (Fsp3) is 0.556. The number of aromatic nitrogens is 2. The number of H-pyrrole nitrogens is 1. The Hall–Kier alpha value is -1.15. The second-order valence-electron chi connectivity index (χ2n) is 4.14. The van der Waals surface area contributed by atoms with Gasteiger partial charge in [0.2, 0.25) is 5.82 Å². The third-order valence-electron chi connectivity index (χ3n) is 2.84. The molecule has 1 unspecified atom stereocenters. The Bertz CT molecular complexity index is 693. The standard InChI is InChI=1S/C9H10ClFN2O4S/c10-7-6(11)8(14)13(9(15)12-7)5-2-1-3-18(16,17)4-5/h5H,1-4H2,(H,12,15). The van der Waals surface area contributed by atoms with Crippen molar-refractivity contribution in [1.82, 2.24) is 9.55 Å². The Morgan fingerprint density at radius 3 is 2.67 bits per heavy atom. The summed E-state index contributed by atoms with van der Waals surface area (Å²) >= 11 is 5.32. The molecule has 2 heterocycles. The Morgan fingerprint density at radius 2 is 2.06 bits per heavy atom. The molecule has 0 radical (unpaired) electrons. The molecule has 1 aliphatic heterocycles. The number of hydrogen-bond donors (Lipinski definition) is 1. The zero-order valence-corrected chi connectivity index (χ0v) is 10.7. The van der Waals surface area contributed by atoms with Crippen LogP contribution < -0.4 is 11.2 Å². The van der Waals surface area contributed by atoms with Gasteiger partial charge in [-0.3, -0.25) is 14.3 Å². The van der Waals surface area contributed by atoms with Crippen LogP contribution in [0.25, 0.3) is 0 Å². The Labute approximate surface area is 106 Å². The van der Waals surface area contributed by atoms with E-state index in [9.17, 15) is 22.4 Å². The molecule has 6 nitrogen and oxygen atoms in total. The predicted molar refractivity (Wildman–Crippen MR) is 63.2 cm³/mol. The van der Waals surface area contributed by atoms with Crippen LogP contribution in [-0.4, -0.2) is 29.5 Å². The number of nitrogens with zero attached hydrogens (tertiary/aromatic N) is 1. The normalized spacial score (nSPS) is 22.9. The third-order valence-corrected chi connectivity index (χ3v) is 4.90. The maximum Gasteiger partial charge on any atom is 0.329 e. The molecular weight excluding hydrogens is 287 g/mol. The molecule has 1 atom stereocenters. The van der Waals surface area contributed by atoms with Crippen molar-refractivity contribution >= 4 is 21.4 Å². The van der Waals surface area contributed by atoms with Gasteiger partial charge >= 0.3 is 5.69 Å². The monoisotopic (exact) mass is 296 g/mol. The summed E-state index contributed by atoms with van der Waals surface area (Å²) in [5.41, 5.74) is -2.08. The first-order valence-corrected chi connectivity index (χ1v) is 7.42. The van der Waals surface area contributed by atoms with Crippen LogP contribution in [0.4, 0.5) is 4.39 Å². The molecule has 0 amide bonds. The fourth-order valence-electron chi connectivity index (χ4n) is 2.03. The number of hydrogen-bond acceptors (Lipinski definition) is 4. The van der Waals surface area contributed by atoms with E-state index in [1.54, 1.807) is 0 Å². The topological polar surface area (TPSA) is 89.0 Å². The summed E-state index contributed by atoms with van der Waals surface area (Å²) < 4.78 is 36.9. The molecule has 18 heavy (non-hydrogen) atoms. The molecule has 0 aliphatic carbocycles. The molecule has 0 saturated carbocycles. The minimum Gasteiger partial charge on any atom is -0.295 e. The van der Waals surface area contributed by atoms with E-state index in [1.165, 1.54) is 0 Å². The van der Waals surface area contributed by atoms with E-state index in [-0.39, 0.29) is 11.5 Å². The molecule has 0 aromatic carbocycles. The van der Waals surface area contributed by atoms with E-state index in [2.05, 4.69) is 0 Å². The zero-order valence-electron chi connectivity index (χ0n) is 9.15. The molecule has 9 heteroatoms. The second kappa shape index (κ2) is 4.51. The summed E-state index contributed by atoms with van der Waals surface area (Å²) in [6.45, 7) is 0. The quantitative estimate of drug-likeness (QED) is 0.743. The van der Waals surface area contributed by atoms with Gasteiger partial charge in [-0.2, -0.15) is 4.39 Å². The van der Waals surface area contributed by atoms with Gasteiger partial charge in [-0.1, -0.05) is 11.6 Å². The first kappa shape index (κ1) is 13.3. The van der Waals surface area contributed by atoms with Crippen molar-refractivity contribution in [2.75, 3.05) is 11.5 Å².